The summed E-state index contributed by atoms with van der Waals surface area (Å²) in [5.41, 5.74) is 1.22. The summed E-state index contributed by atoms with van der Waals surface area (Å²) >= 11 is 0. The van der Waals surface area contributed by atoms with Gasteiger partial charge in [0.1, 0.15) is 0 Å². The van der Waals surface area contributed by atoms with Crippen LogP contribution in [0.3, 0.4) is 0 Å². The molecule has 17 heavy (non-hydrogen) atoms. The SMILES string of the molecule is O=C1NCC2(CCNCC2)C1c1ccncc1. The summed E-state index contributed by atoms with van der Waals surface area (Å²) in [6.45, 7) is 2.84. The van der Waals surface area contributed by atoms with E-state index in [4.69, 9.17) is 0 Å². The van der Waals surface area contributed by atoms with Crippen molar-refractivity contribution in [1.82, 2.24) is 15.6 Å². The van der Waals surface area contributed by atoms with Crippen LogP contribution in [0, 0.1) is 5.41 Å². The number of piperidine rings is 1. The number of nitrogens with zero attached hydrogens (tertiary/aromatic N) is 1. The van der Waals surface area contributed by atoms with Gasteiger partial charge in [0.05, 0.1) is 5.92 Å². The largest absolute Gasteiger partial charge is 0.355 e. The fraction of sp³-hybridized carbons (Fsp3) is 0.538. The molecule has 2 fully saturated rings. The van der Waals surface area contributed by atoms with Crippen molar-refractivity contribution in [1.29, 1.82) is 0 Å². The number of carbonyl (C=O) groups excluding carboxylic acids is 1. The molecule has 0 bridgehead atoms. The standard InChI is InChI=1S/C13H17N3O/c17-12-11(10-1-5-14-6-2-10)13(9-16-12)3-7-15-8-4-13/h1-2,5-6,11,15H,3-4,7-9H2,(H,16,17). The molecule has 3 heterocycles. The van der Waals surface area contributed by atoms with Crippen LogP contribution in [0.15, 0.2) is 24.5 Å². The van der Waals surface area contributed by atoms with Crippen molar-refractivity contribution in [3.8, 4) is 0 Å². The molecule has 1 amide bonds. The molecular formula is C13H17N3O. The van der Waals surface area contributed by atoms with Crippen LogP contribution < -0.4 is 10.6 Å². The third-order valence-corrected chi connectivity index (χ3v) is 4.13. The lowest BCUT2D eigenvalue weighted by atomic mass is 9.68. The van der Waals surface area contributed by atoms with E-state index in [9.17, 15) is 4.79 Å². The van der Waals surface area contributed by atoms with Crippen molar-refractivity contribution in [3.63, 3.8) is 0 Å². The minimum atomic E-state index is 0.00704. The second-order valence-corrected chi connectivity index (χ2v) is 5.04. The minimum Gasteiger partial charge on any atom is -0.355 e. The molecule has 2 aliphatic rings. The molecule has 1 atom stereocenters. The van der Waals surface area contributed by atoms with Crippen molar-refractivity contribution in [2.45, 2.75) is 18.8 Å². The zero-order chi connectivity index (χ0) is 11.7. The van der Waals surface area contributed by atoms with Crippen LogP contribution in [0.5, 0.6) is 0 Å². The zero-order valence-electron chi connectivity index (χ0n) is 9.78. The molecule has 1 unspecified atom stereocenters. The Balaban J connectivity index is 1.97. The Morgan fingerprint density at radius 1 is 1.24 bits per heavy atom. The van der Waals surface area contributed by atoms with Gasteiger partial charge in [-0.2, -0.15) is 0 Å². The highest BCUT2D eigenvalue weighted by Crippen LogP contribution is 2.46. The average Bonchev–Trinajstić information content (AvgIpc) is 2.68. The predicted octanol–water partition coefficient (Wildman–Crippen LogP) is 0.665. The molecule has 2 aliphatic heterocycles. The normalized spacial score (nSPS) is 27.1. The molecule has 0 saturated carbocycles. The first-order valence-electron chi connectivity index (χ1n) is 6.20. The number of pyridine rings is 1. The maximum Gasteiger partial charge on any atom is 0.228 e. The fourth-order valence-corrected chi connectivity index (χ4v) is 3.20. The third kappa shape index (κ3) is 1.72. The van der Waals surface area contributed by atoms with Crippen LogP contribution in [0.4, 0.5) is 0 Å². The van der Waals surface area contributed by atoms with Gasteiger partial charge < -0.3 is 10.6 Å². The van der Waals surface area contributed by atoms with E-state index in [-0.39, 0.29) is 17.2 Å². The monoisotopic (exact) mass is 231 g/mol. The second-order valence-electron chi connectivity index (χ2n) is 5.04. The molecule has 2 N–H and O–H groups in total. The quantitative estimate of drug-likeness (QED) is 0.746. The maximum atomic E-state index is 12.1. The van der Waals surface area contributed by atoms with E-state index in [2.05, 4.69) is 15.6 Å². The zero-order valence-corrected chi connectivity index (χ0v) is 9.78. The van der Waals surface area contributed by atoms with Gasteiger partial charge in [-0.15, -0.1) is 0 Å². The number of nitrogens with one attached hydrogen (secondary N) is 2. The Morgan fingerprint density at radius 2 is 1.94 bits per heavy atom. The third-order valence-electron chi connectivity index (χ3n) is 4.13. The van der Waals surface area contributed by atoms with Gasteiger partial charge in [-0.3, -0.25) is 9.78 Å². The topological polar surface area (TPSA) is 54.0 Å². The molecule has 1 spiro atoms. The van der Waals surface area contributed by atoms with E-state index in [1.807, 2.05) is 12.1 Å². The molecule has 1 aromatic rings. The van der Waals surface area contributed by atoms with Crippen LogP contribution in [0.2, 0.25) is 0 Å². The van der Waals surface area contributed by atoms with E-state index in [1.54, 1.807) is 12.4 Å². The Morgan fingerprint density at radius 3 is 2.65 bits per heavy atom. The summed E-state index contributed by atoms with van der Waals surface area (Å²) in [6.07, 6.45) is 5.68. The van der Waals surface area contributed by atoms with Crippen LogP contribution in [0.25, 0.3) is 0 Å². The lowest BCUT2D eigenvalue weighted by Gasteiger charge is -2.37. The lowest BCUT2D eigenvalue weighted by Crippen LogP contribution is -2.41. The highest BCUT2D eigenvalue weighted by molar-refractivity contribution is 5.87. The van der Waals surface area contributed by atoms with Crippen molar-refractivity contribution >= 4 is 5.91 Å². The molecule has 3 rings (SSSR count). The Labute approximate surface area is 101 Å². The van der Waals surface area contributed by atoms with Gasteiger partial charge in [0.25, 0.3) is 0 Å². The van der Waals surface area contributed by atoms with Gasteiger partial charge >= 0.3 is 0 Å². The highest BCUT2D eigenvalue weighted by Gasteiger charge is 2.49. The lowest BCUT2D eigenvalue weighted by molar-refractivity contribution is -0.121. The van der Waals surface area contributed by atoms with Crippen LogP contribution in [0.1, 0.15) is 24.3 Å². The second kappa shape index (κ2) is 4.11. The minimum absolute atomic E-state index is 0.00704. The Kier molecular flexibility index (Phi) is 2.59. The summed E-state index contributed by atoms with van der Waals surface area (Å²) < 4.78 is 0. The van der Waals surface area contributed by atoms with E-state index in [1.165, 1.54) is 0 Å². The van der Waals surface area contributed by atoms with Crippen molar-refractivity contribution in [2.24, 2.45) is 5.41 Å². The van der Waals surface area contributed by atoms with Gasteiger partial charge in [-0.25, -0.2) is 0 Å². The Hall–Kier alpha value is -1.42. The maximum absolute atomic E-state index is 12.1. The number of hydrogen-bond donors (Lipinski definition) is 2. The summed E-state index contributed by atoms with van der Waals surface area (Å²) in [7, 11) is 0. The van der Waals surface area contributed by atoms with Gasteiger partial charge in [0.2, 0.25) is 5.91 Å². The summed E-state index contributed by atoms with van der Waals surface area (Å²) in [5.74, 6) is 0.186. The van der Waals surface area contributed by atoms with Gasteiger partial charge in [-0.05, 0) is 43.6 Å². The number of hydrogen-bond acceptors (Lipinski definition) is 3. The van der Waals surface area contributed by atoms with Gasteiger partial charge in [0, 0.05) is 24.4 Å². The molecule has 0 aliphatic carbocycles. The first-order valence-corrected chi connectivity index (χ1v) is 6.20. The van der Waals surface area contributed by atoms with Gasteiger partial charge in [-0.1, -0.05) is 0 Å². The molecule has 1 aromatic heterocycles. The fourth-order valence-electron chi connectivity index (χ4n) is 3.20. The van der Waals surface area contributed by atoms with E-state index >= 15 is 0 Å². The summed E-state index contributed by atoms with van der Waals surface area (Å²) in [4.78, 5) is 16.1. The molecular weight excluding hydrogens is 214 g/mol. The van der Waals surface area contributed by atoms with Crippen LogP contribution >= 0.6 is 0 Å². The van der Waals surface area contributed by atoms with Crippen LogP contribution in [-0.4, -0.2) is 30.5 Å². The Bertz CT molecular complexity index is 412. The van der Waals surface area contributed by atoms with Crippen molar-refractivity contribution < 1.29 is 4.79 Å². The van der Waals surface area contributed by atoms with E-state index in [0.717, 1.165) is 38.0 Å². The smallest absolute Gasteiger partial charge is 0.228 e. The number of carbonyl (C=O) groups is 1. The van der Waals surface area contributed by atoms with E-state index in [0.29, 0.717) is 0 Å². The first-order chi connectivity index (χ1) is 8.32. The molecule has 0 aromatic carbocycles. The predicted molar refractivity (Wildman–Crippen MR) is 64.5 cm³/mol. The number of rotatable bonds is 1. The first kappa shape index (κ1) is 10.7. The summed E-state index contributed by atoms with van der Waals surface area (Å²) in [5, 5.41) is 6.41. The molecule has 4 heteroatoms. The molecule has 2 saturated heterocycles. The number of amides is 1. The van der Waals surface area contributed by atoms with E-state index < -0.39 is 0 Å². The van der Waals surface area contributed by atoms with Crippen molar-refractivity contribution in [3.05, 3.63) is 30.1 Å². The molecule has 0 radical (unpaired) electrons. The number of aromatic nitrogens is 1. The molecule has 4 nitrogen and oxygen atoms in total. The van der Waals surface area contributed by atoms with Crippen LogP contribution in [-0.2, 0) is 4.79 Å². The molecule has 90 valence electrons. The van der Waals surface area contributed by atoms with Crippen molar-refractivity contribution in [2.75, 3.05) is 19.6 Å². The van der Waals surface area contributed by atoms with Gasteiger partial charge in [0.15, 0.2) is 0 Å². The summed E-state index contributed by atoms with van der Waals surface area (Å²) in [6, 6.07) is 3.94. The average molecular weight is 231 g/mol. The highest BCUT2D eigenvalue weighted by atomic mass is 16.2.